The molecule has 0 bridgehead atoms. The maximum absolute atomic E-state index is 8.70. The third kappa shape index (κ3) is 4.84. The summed E-state index contributed by atoms with van der Waals surface area (Å²) >= 11 is 0. The number of hydrogen-bond acceptors (Lipinski definition) is 3. The Labute approximate surface area is 279 Å². The molecule has 0 spiro atoms. The lowest BCUT2D eigenvalue weighted by Gasteiger charge is -2.11. The summed E-state index contributed by atoms with van der Waals surface area (Å²) < 4.78 is 44.4. The third-order valence-electron chi connectivity index (χ3n) is 8.53. The topological polar surface area (TPSA) is 43.6 Å². The van der Waals surface area contributed by atoms with E-state index in [-0.39, 0.29) is 23.5 Å². The van der Waals surface area contributed by atoms with Gasteiger partial charge in [-0.15, -0.1) is 0 Å². The van der Waals surface area contributed by atoms with E-state index in [9.17, 15) is 0 Å². The molecule has 0 saturated carbocycles. The first-order valence-electron chi connectivity index (χ1n) is 17.9. The fourth-order valence-corrected chi connectivity index (χ4v) is 6.26. The SMILES string of the molecule is [2H]c1c([2H])c([2H])c(-c2nc(-c3ccc(-n4c5ccccc5c5ccccc54)cc3)nc(-c3ccc4ccc(-c5ccccc5)cc4c3)n2)c([2H])c1[2H]. The van der Waals surface area contributed by atoms with Gasteiger partial charge in [0.05, 0.1) is 17.9 Å². The molecule has 0 N–H and O–H groups in total. The Morgan fingerprint density at radius 1 is 0.404 bits per heavy atom. The lowest BCUT2D eigenvalue weighted by molar-refractivity contribution is 1.07. The standard InChI is InChI=1S/C43H28N4/c1-3-11-29(12-4-1)33-21-19-30-20-22-34(28-35(30)27-33)43-45-41(31-13-5-2-6-14-31)44-42(46-43)32-23-25-36(26-24-32)47-39-17-9-7-15-37(39)38-16-8-10-18-40(38)47/h1-28H/i2D,5D,6D,13D,14D. The van der Waals surface area contributed by atoms with Crippen molar-refractivity contribution < 1.29 is 6.85 Å². The van der Waals surface area contributed by atoms with Crippen LogP contribution in [0.15, 0.2) is 170 Å². The fourth-order valence-electron chi connectivity index (χ4n) is 6.26. The first kappa shape index (κ1) is 22.2. The van der Waals surface area contributed by atoms with E-state index < -0.39 is 18.1 Å². The smallest absolute Gasteiger partial charge is 0.164 e. The summed E-state index contributed by atoms with van der Waals surface area (Å²) in [6.07, 6.45) is 0. The number of rotatable bonds is 5. The average molecular weight is 606 g/mol. The Morgan fingerprint density at radius 2 is 0.936 bits per heavy atom. The molecule has 0 aliphatic carbocycles. The van der Waals surface area contributed by atoms with Gasteiger partial charge in [-0.1, -0.05) is 121 Å². The second kappa shape index (κ2) is 11.2. The third-order valence-corrected chi connectivity index (χ3v) is 8.53. The Morgan fingerprint density at radius 3 is 1.62 bits per heavy atom. The Hall–Kier alpha value is -6.39. The molecule has 0 aliphatic heterocycles. The van der Waals surface area contributed by atoms with Crippen LogP contribution < -0.4 is 0 Å². The van der Waals surface area contributed by atoms with Gasteiger partial charge < -0.3 is 4.57 Å². The Kier molecular flexibility index (Phi) is 5.28. The van der Waals surface area contributed by atoms with Crippen molar-refractivity contribution in [2.75, 3.05) is 0 Å². The summed E-state index contributed by atoms with van der Waals surface area (Å²) in [5.41, 5.74) is 6.64. The molecule has 9 aromatic rings. The minimum atomic E-state index is -0.474. The highest BCUT2D eigenvalue weighted by Crippen LogP contribution is 2.33. The Balaban J connectivity index is 1.21. The van der Waals surface area contributed by atoms with Gasteiger partial charge in [0.25, 0.3) is 0 Å². The molecule has 0 aliphatic rings. The van der Waals surface area contributed by atoms with Gasteiger partial charge in [-0.25, -0.2) is 15.0 Å². The van der Waals surface area contributed by atoms with Gasteiger partial charge in [-0.05, 0) is 70.4 Å². The van der Waals surface area contributed by atoms with Crippen LogP contribution in [0.5, 0.6) is 0 Å². The van der Waals surface area contributed by atoms with Crippen LogP contribution >= 0.6 is 0 Å². The zero-order chi connectivity index (χ0) is 35.5. The zero-order valence-electron chi connectivity index (χ0n) is 30.1. The van der Waals surface area contributed by atoms with Crippen LogP contribution in [0, 0.1) is 0 Å². The molecule has 0 radical (unpaired) electrons. The van der Waals surface area contributed by atoms with Crippen molar-refractivity contribution in [1.29, 1.82) is 0 Å². The molecule has 4 heteroatoms. The summed E-state index contributed by atoms with van der Waals surface area (Å²) in [5.74, 6) is 0.644. The number of fused-ring (bicyclic) bond motifs is 4. The van der Waals surface area contributed by atoms with Crippen molar-refractivity contribution in [2.45, 2.75) is 0 Å². The van der Waals surface area contributed by atoms with Crippen molar-refractivity contribution >= 4 is 32.6 Å². The van der Waals surface area contributed by atoms with Gasteiger partial charge in [-0.3, -0.25) is 0 Å². The minimum Gasteiger partial charge on any atom is -0.309 e. The van der Waals surface area contributed by atoms with Gasteiger partial charge >= 0.3 is 0 Å². The molecule has 2 aromatic heterocycles. The largest absolute Gasteiger partial charge is 0.309 e. The molecule has 220 valence electrons. The first-order valence-corrected chi connectivity index (χ1v) is 15.4. The van der Waals surface area contributed by atoms with Crippen LogP contribution in [0.3, 0.4) is 0 Å². The van der Waals surface area contributed by atoms with Crippen molar-refractivity contribution in [3.63, 3.8) is 0 Å². The van der Waals surface area contributed by atoms with Crippen molar-refractivity contribution in [1.82, 2.24) is 19.5 Å². The molecule has 4 nitrogen and oxygen atoms in total. The summed E-state index contributed by atoms with van der Waals surface area (Å²) in [6, 6.07) is 44.9. The maximum Gasteiger partial charge on any atom is 0.164 e. The first-order chi connectivity index (χ1) is 25.4. The predicted molar refractivity (Wildman–Crippen MR) is 193 cm³/mol. The van der Waals surface area contributed by atoms with Crippen molar-refractivity contribution in [3.05, 3.63) is 170 Å². The number of hydrogen-bond donors (Lipinski definition) is 0. The highest BCUT2D eigenvalue weighted by atomic mass is 15.0. The van der Waals surface area contributed by atoms with Crippen molar-refractivity contribution in [3.8, 4) is 51.0 Å². The number of nitrogens with zero attached hydrogens (tertiary/aromatic N) is 4. The Bertz CT molecular complexity index is 2770. The lowest BCUT2D eigenvalue weighted by Crippen LogP contribution is -2.00. The molecule has 0 amide bonds. The second-order valence-electron chi connectivity index (χ2n) is 11.4. The number of aromatic nitrogens is 4. The van der Waals surface area contributed by atoms with Gasteiger partial charge in [0, 0.05) is 33.2 Å². The van der Waals surface area contributed by atoms with Crippen LogP contribution in [-0.2, 0) is 0 Å². The van der Waals surface area contributed by atoms with E-state index in [1.807, 2.05) is 84.9 Å². The van der Waals surface area contributed by atoms with E-state index >= 15 is 0 Å². The van der Waals surface area contributed by atoms with Crippen LogP contribution in [0.4, 0.5) is 0 Å². The van der Waals surface area contributed by atoms with Crippen LogP contribution in [0.1, 0.15) is 6.85 Å². The van der Waals surface area contributed by atoms with Crippen LogP contribution in [0.25, 0.3) is 83.6 Å². The summed E-state index contributed by atoms with van der Waals surface area (Å²) in [4.78, 5) is 14.4. The summed E-state index contributed by atoms with van der Waals surface area (Å²) in [5, 5.41) is 4.36. The molecule has 0 unspecified atom stereocenters. The molecule has 2 heterocycles. The quantitative estimate of drug-likeness (QED) is 0.196. The molecular weight excluding hydrogens is 573 g/mol. The highest BCUT2D eigenvalue weighted by molar-refractivity contribution is 6.09. The molecule has 0 atom stereocenters. The van der Waals surface area contributed by atoms with E-state index in [1.165, 1.54) is 10.8 Å². The van der Waals surface area contributed by atoms with Gasteiger partial charge in [0.2, 0.25) is 0 Å². The zero-order valence-corrected chi connectivity index (χ0v) is 25.1. The number of benzene rings is 7. The molecular formula is C43H28N4. The predicted octanol–water partition coefficient (Wildman–Crippen LogP) is 10.8. The van der Waals surface area contributed by atoms with E-state index in [2.05, 4.69) is 59.2 Å². The fraction of sp³-hybridized carbons (Fsp3) is 0. The monoisotopic (exact) mass is 605 g/mol. The molecule has 47 heavy (non-hydrogen) atoms. The van der Waals surface area contributed by atoms with E-state index in [4.69, 9.17) is 21.8 Å². The van der Waals surface area contributed by atoms with Crippen LogP contribution in [0.2, 0.25) is 0 Å². The molecule has 0 saturated heterocycles. The highest BCUT2D eigenvalue weighted by Gasteiger charge is 2.15. The lowest BCUT2D eigenvalue weighted by atomic mass is 10.00. The van der Waals surface area contributed by atoms with Gasteiger partial charge in [-0.2, -0.15) is 0 Å². The van der Waals surface area contributed by atoms with E-state index in [0.717, 1.165) is 38.6 Å². The molecule has 0 fully saturated rings. The normalized spacial score (nSPS) is 12.9. The number of para-hydroxylation sites is 2. The second-order valence-corrected chi connectivity index (χ2v) is 11.4. The molecule has 9 rings (SSSR count). The van der Waals surface area contributed by atoms with Crippen LogP contribution in [-0.4, -0.2) is 19.5 Å². The van der Waals surface area contributed by atoms with Gasteiger partial charge in [0.15, 0.2) is 17.5 Å². The van der Waals surface area contributed by atoms with Crippen molar-refractivity contribution in [2.24, 2.45) is 0 Å². The maximum atomic E-state index is 8.70. The summed E-state index contributed by atoms with van der Waals surface area (Å²) in [6.45, 7) is 0. The average Bonchev–Trinajstić information content (AvgIpc) is 3.53. The minimum absolute atomic E-state index is 0.00149. The van der Waals surface area contributed by atoms with E-state index in [0.29, 0.717) is 22.8 Å². The molecule has 7 aromatic carbocycles. The summed E-state index contributed by atoms with van der Waals surface area (Å²) in [7, 11) is 0. The van der Waals surface area contributed by atoms with E-state index in [1.54, 1.807) is 0 Å². The van der Waals surface area contributed by atoms with Gasteiger partial charge in [0.1, 0.15) is 0 Å².